The van der Waals surface area contributed by atoms with Crippen LogP contribution in [0, 0.1) is 5.92 Å². The Labute approximate surface area is 141 Å². The van der Waals surface area contributed by atoms with E-state index in [4.69, 9.17) is 9.84 Å². The Balaban J connectivity index is 1.80. The van der Waals surface area contributed by atoms with E-state index in [2.05, 4.69) is 5.32 Å². The summed E-state index contributed by atoms with van der Waals surface area (Å²) in [5.74, 6) is -0.0862. The van der Waals surface area contributed by atoms with Gasteiger partial charge < -0.3 is 25.2 Å². The van der Waals surface area contributed by atoms with E-state index in [1.54, 1.807) is 12.0 Å². The van der Waals surface area contributed by atoms with Crippen molar-refractivity contribution in [2.24, 2.45) is 5.92 Å². The standard InChI is InChI=1S/C17H24N2O5/c1-24-14-4-2-12(3-5-14)16(22)13-7-10-19(11-8-13)17(23)18-9-6-15(20)21/h2-5,13,16,22H,6-11H2,1H3,(H,18,23)(H,20,21). The summed E-state index contributed by atoms with van der Waals surface area (Å²) < 4.78 is 5.11. The first-order valence-electron chi connectivity index (χ1n) is 8.08. The second-order valence-corrected chi connectivity index (χ2v) is 5.92. The van der Waals surface area contributed by atoms with Crippen LogP contribution in [0.2, 0.25) is 0 Å². The van der Waals surface area contributed by atoms with Crippen LogP contribution in [0.4, 0.5) is 4.79 Å². The highest BCUT2D eigenvalue weighted by molar-refractivity contribution is 5.75. The van der Waals surface area contributed by atoms with Gasteiger partial charge >= 0.3 is 12.0 Å². The first-order chi connectivity index (χ1) is 11.5. The van der Waals surface area contributed by atoms with Crippen LogP contribution < -0.4 is 10.1 Å². The van der Waals surface area contributed by atoms with Gasteiger partial charge in [0, 0.05) is 19.6 Å². The SMILES string of the molecule is COc1ccc(C(O)C2CCN(C(=O)NCCC(=O)O)CC2)cc1. The van der Waals surface area contributed by atoms with Crippen molar-refractivity contribution in [2.75, 3.05) is 26.7 Å². The molecule has 1 atom stereocenters. The number of methoxy groups -OCH3 is 1. The lowest BCUT2D eigenvalue weighted by Crippen LogP contribution is -2.45. The molecule has 2 rings (SSSR count). The summed E-state index contributed by atoms with van der Waals surface area (Å²) in [5.41, 5.74) is 0.847. The highest BCUT2D eigenvalue weighted by Gasteiger charge is 2.28. The lowest BCUT2D eigenvalue weighted by atomic mass is 9.87. The summed E-state index contributed by atoms with van der Waals surface area (Å²) >= 11 is 0. The number of carbonyl (C=O) groups is 2. The summed E-state index contributed by atoms with van der Waals surface area (Å²) in [4.78, 5) is 24.1. The molecule has 3 N–H and O–H groups in total. The second kappa shape index (κ2) is 8.54. The van der Waals surface area contributed by atoms with Crippen LogP contribution in [0.1, 0.15) is 30.9 Å². The third-order valence-electron chi connectivity index (χ3n) is 4.35. The van der Waals surface area contributed by atoms with Crippen molar-refractivity contribution >= 4 is 12.0 Å². The molecule has 7 heteroatoms. The molecule has 1 heterocycles. The Bertz CT molecular complexity index is 553. The lowest BCUT2D eigenvalue weighted by molar-refractivity contribution is -0.136. The van der Waals surface area contributed by atoms with E-state index in [-0.39, 0.29) is 24.9 Å². The number of carboxylic acid groups (broad SMARTS) is 1. The summed E-state index contributed by atoms with van der Waals surface area (Å²) in [6.07, 6.45) is 0.769. The Morgan fingerprint density at radius 1 is 1.29 bits per heavy atom. The van der Waals surface area contributed by atoms with Crippen LogP contribution in [0.25, 0.3) is 0 Å². The van der Waals surface area contributed by atoms with Crippen molar-refractivity contribution in [1.29, 1.82) is 0 Å². The van der Waals surface area contributed by atoms with Crippen LogP contribution in [-0.2, 0) is 4.79 Å². The van der Waals surface area contributed by atoms with Crippen molar-refractivity contribution < 1.29 is 24.5 Å². The minimum absolute atomic E-state index is 0.0849. The topological polar surface area (TPSA) is 99.1 Å². The smallest absolute Gasteiger partial charge is 0.317 e. The highest BCUT2D eigenvalue weighted by atomic mass is 16.5. The molecular weight excluding hydrogens is 312 g/mol. The van der Waals surface area contributed by atoms with Crippen LogP contribution in [-0.4, -0.2) is 53.9 Å². The van der Waals surface area contributed by atoms with Gasteiger partial charge in [-0.15, -0.1) is 0 Å². The maximum absolute atomic E-state index is 11.9. The Morgan fingerprint density at radius 2 is 1.92 bits per heavy atom. The highest BCUT2D eigenvalue weighted by Crippen LogP contribution is 2.31. The van der Waals surface area contributed by atoms with Gasteiger partial charge in [0.25, 0.3) is 0 Å². The summed E-state index contributed by atoms with van der Waals surface area (Å²) in [5, 5.41) is 21.7. The number of rotatable bonds is 6. The number of piperidine rings is 1. The number of aliphatic hydroxyl groups excluding tert-OH is 1. The fourth-order valence-corrected chi connectivity index (χ4v) is 2.88. The molecule has 24 heavy (non-hydrogen) atoms. The fourth-order valence-electron chi connectivity index (χ4n) is 2.88. The number of carboxylic acids is 1. The number of ether oxygens (including phenoxy) is 1. The van der Waals surface area contributed by atoms with Crippen LogP contribution in [0.3, 0.4) is 0 Å². The van der Waals surface area contributed by atoms with Crippen molar-refractivity contribution in [3.05, 3.63) is 29.8 Å². The molecule has 1 unspecified atom stereocenters. The maximum atomic E-state index is 11.9. The Hall–Kier alpha value is -2.28. The minimum Gasteiger partial charge on any atom is -0.497 e. The van der Waals surface area contributed by atoms with E-state index in [1.807, 2.05) is 24.3 Å². The van der Waals surface area contributed by atoms with E-state index in [1.165, 1.54) is 0 Å². The third-order valence-corrected chi connectivity index (χ3v) is 4.35. The molecule has 0 aliphatic carbocycles. The van der Waals surface area contributed by atoms with E-state index in [0.29, 0.717) is 25.9 Å². The number of likely N-dealkylation sites (tertiary alicyclic amines) is 1. The van der Waals surface area contributed by atoms with Crippen LogP contribution in [0.5, 0.6) is 5.75 Å². The normalized spacial score (nSPS) is 16.5. The Morgan fingerprint density at radius 3 is 2.46 bits per heavy atom. The predicted octanol–water partition coefficient (Wildman–Crippen LogP) is 1.62. The van der Waals surface area contributed by atoms with Crippen molar-refractivity contribution in [2.45, 2.75) is 25.4 Å². The number of nitrogens with one attached hydrogen (secondary N) is 1. The number of amides is 2. The Kier molecular flexibility index (Phi) is 6.43. The summed E-state index contributed by atoms with van der Waals surface area (Å²) in [7, 11) is 1.60. The average molecular weight is 336 g/mol. The number of urea groups is 1. The number of hydrogen-bond acceptors (Lipinski definition) is 4. The van der Waals surface area contributed by atoms with Crippen LogP contribution >= 0.6 is 0 Å². The molecule has 1 aromatic carbocycles. The van der Waals surface area contributed by atoms with Gasteiger partial charge in [0.05, 0.1) is 19.6 Å². The van der Waals surface area contributed by atoms with Crippen LogP contribution in [0.15, 0.2) is 24.3 Å². The number of aliphatic carboxylic acids is 1. The van der Waals surface area contributed by atoms with Gasteiger partial charge in [-0.1, -0.05) is 12.1 Å². The zero-order valence-electron chi connectivity index (χ0n) is 13.8. The number of aliphatic hydroxyl groups is 1. The summed E-state index contributed by atoms with van der Waals surface area (Å²) in [6.45, 7) is 1.23. The number of carbonyl (C=O) groups excluding carboxylic acids is 1. The molecule has 1 aliphatic rings. The second-order valence-electron chi connectivity index (χ2n) is 5.92. The molecule has 1 aliphatic heterocycles. The lowest BCUT2D eigenvalue weighted by Gasteiger charge is -2.34. The van der Waals surface area contributed by atoms with Gasteiger partial charge in [-0.25, -0.2) is 4.79 Å². The maximum Gasteiger partial charge on any atom is 0.317 e. The van der Waals surface area contributed by atoms with Crippen molar-refractivity contribution in [1.82, 2.24) is 10.2 Å². The molecule has 0 spiro atoms. The number of nitrogens with zero attached hydrogens (tertiary/aromatic N) is 1. The van der Waals surface area contributed by atoms with Gasteiger partial charge in [0.2, 0.25) is 0 Å². The molecule has 1 aromatic rings. The van der Waals surface area contributed by atoms with Gasteiger partial charge in [-0.3, -0.25) is 4.79 Å². The van der Waals surface area contributed by atoms with E-state index >= 15 is 0 Å². The summed E-state index contributed by atoms with van der Waals surface area (Å²) in [6, 6.07) is 7.12. The average Bonchev–Trinajstić information content (AvgIpc) is 2.61. The molecule has 0 aromatic heterocycles. The molecule has 1 saturated heterocycles. The van der Waals surface area contributed by atoms with Gasteiger partial charge in [0.1, 0.15) is 5.75 Å². The monoisotopic (exact) mass is 336 g/mol. The molecular formula is C17H24N2O5. The van der Waals surface area contributed by atoms with Crippen molar-refractivity contribution in [3.63, 3.8) is 0 Å². The van der Waals surface area contributed by atoms with Gasteiger partial charge in [-0.2, -0.15) is 0 Å². The van der Waals surface area contributed by atoms with Gasteiger partial charge in [0.15, 0.2) is 0 Å². The molecule has 0 bridgehead atoms. The largest absolute Gasteiger partial charge is 0.497 e. The van der Waals surface area contributed by atoms with E-state index in [0.717, 1.165) is 11.3 Å². The molecule has 1 fully saturated rings. The zero-order valence-corrected chi connectivity index (χ0v) is 13.8. The first-order valence-corrected chi connectivity index (χ1v) is 8.08. The zero-order chi connectivity index (χ0) is 17.5. The molecule has 0 radical (unpaired) electrons. The fraction of sp³-hybridized carbons (Fsp3) is 0.529. The molecule has 132 valence electrons. The molecule has 0 saturated carbocycles. The first kappa shape index (κ1) is 18.1. The van der Waals surface area contributed by atoms with Gasteiger partial charge in [-0.05, 0) is 36.5 Å². The number of hydrogen-bond donors (Lipinski definition) is 3. The predicted molar refractivity (Wildman–Crippen MR) is 87.9 cm³/mol. The molecule has 7 nitrogen and oxygen atoms in total. The quantitative estimate of drug-likeness (QED) is 0.733. The number of benzene rings is 1. The van der Waals surface area contributed by atoms with E-state index in [9.17, 15) is 14.7 Å². The van der Waals surface area contributed by atoms with Crippen molar-refractivity contribution in [3.8, 4) is 5.75 Å². The molecule has 2 amide bonds. The minimum atomic E-state index is -0.934. The van der Waals surface area contributed by atoms with E-state index < -0.39 is 12.1 Å². The third kappa shape index (κ3) is 4.86.